The normalized spacial score (nSPS) is 12.7. The Morgan fingerprint density at radius 2 is 1.90 bits per heavy atom. The van der Waals surface area contributed by atoms with Gasteiger partial charge in [0.1, 0.15) is 23.1 Å². The number of ketones is 1. The summed E-state index contributed by atoms with van der Waals surface area (Å²) in [5, 5.41) is 0. The Morgan fingerprint density at radius 3 is 2.57 bits per heavy atom. The van der Waals surface area contributed by atoms with Crippen molar-refractivity contribution in [2.75, 3.05) is 13.7 Å². The second kappa shape index (κ2) is 5.16. The van der Waals surface area contributed by atoms with Crippen LogP contribution in [0.1, 0.15) is 21.5 Å². The number of fused-ring (bicyclic) bond motifs is 1. The highest BCUT2D eigenvalue weighted by Gasteiger charge is 2.22. The number of halogens is 2. The summed E-state index contributed by atoms with van der Waals surface area (Å²) in [6.07, 6.45) is 0.685. The molecule has 5 heteroatoms. The number of rotatable bonds is 3. The smallest absolute Gasteiger partial charge is 0.198 e. The molecular formula is C16H12F2O3. The minimum Gasteiger partial charge on any atom is -0.497 e. The van der Waals surface area contributed by atoms with E-state index in [1.54, 1.807) is 12.1 Å². The fourth-order valence-corrected chi connectivity index (χ4v) is 2.36. The Hall–Kier alpha value is -2.43. The molecule has 1 heterocycles. The lowest BCUT2D eigenvalue weighted by atomic mass is 9.99. The van der Waals surface area contributed by atoms with Gasteiger partial charge < -0.3 is 9.47 Å². The van der Waals surface area contributed by atoms with Crippen LogP contribution in [0.25, 0.3) is 0 Å². The van der Waals surface area contributed by atoms with E-state index >= 15 is 0 Å². The molecule has 0 N–H and O–H groups in total. The summed E-state index contributed by atoms with van der Waals surface area (Å²) in [5.41, 5.74) is 0.534. The quantitative estimate of drug-likeness (QED) is 0.815. The Morgan fingerprint density at radius 1 is 1.19 bits per heavy atom. The molecule has 0 saturated carbocycles. The average molecular weight is 290 g/mol. The molecule has 0 aliphatic carbocycles. The molecule has 108 valence electrons. The van der Waals surface area contributed by atoms with Crippen molar-refractivity contribution in [3.05, 3.63) is 58.7 Å². The highest BCUT2D eigenvalue weighted by molar-refractivity contribution is 6.09. The average Bonchev–Trinajstić information content (AvgIpc) is 2.93. The molecule has 21 heavy (non-hydrogen) atoms. The van der Waals surface area contributed by atoms with Gasteiger partial charge in [-0.25, -0.2) is 8.78 Å². The van der Waals surface area contributed by atoms with Crippen LogP contribution in [-0.4, -0.2) is 19.5 Å². The first-order valence-electron chi connectivity index (χ1n) is 6.43. The lowest BCUT2D eigenvalue weighted by molar-refractivity contribution is 0.103. The zero-order chi connectivity index (χ0) is 15.0. The maximum absolute atomic E-state index is 13.9. The second-order valence-corrected chi connectivity index (χ2v) is 4.72. The Balaban J connectivity index is 2.03. The van der Waals surface area contributed by atoms with Crippen molar-refractivity contribution in [3.63, 3.8) is 0 Å². The van der Waals surface area contributed by atoms with E-state index in [2.05, 4.69) is 0 Å². The molecule has 0 aromatic heterocycles. The SMILES string of the molecule is COc1cc(F)c(C(=O)c2ccc3c(c2)CCO3)c(F)c1. The van der Waals surface area contributed by atoms with Crippen molar-refractivity contribution < 1.29 is 23.0 Å². The number of carbonyl (C=O) groups is 1. The van der Waals surface area contributed by atoms with Crippen LogP contribution in [0.3, 0.4) is 0 Å². The molecule has 1 aliphatic rings. The van der Waals surface area contributed by atoms with E-state index in [0.717, 1.165) is 17.7 Å². The number of hydrogen-bond donors (Lipinski definition) is 0. The third kappa shape index (κ3) is 2.35. The molecule has 0 spiro atoms. The number of carbonyl (C=O) groups excluding carboxylic acids is 1. The number of methoxy groups -OCH3 is 1. The predicted molar refractivity (Wildman–Crippen MR) is 72.0 cm³/mol. The largest absolute Gasteiger partial charge is 0.497 e. The van der Waals surface area contributed by atoms with Crippen LogP contribution in [-0.2, 0) is 6.42 Å². The van der Waals surface area contributed by atoms with Gasteiger partial charge in [-0.1, -0.05) is 0 Å². The molecular weight excluding hydrogens is 278 g/mol. The molecule has 0 radical (unpaired) electrons. The molecule has 3 rings (SSSR count). The molecule has 0 amide bonds. The van der Waals surface area contributed by atoms with Gasteiger partial charge in [-0.05, 0) is 23.8 Å². The Kier molecular flexibility index (Phi) is 3.33. The van der Waals surface area contributed by atoms with Gasteiger partial charge in [-0.2, -0.15) is 0 Å². The summed E-state index contributed by atoms with van der Waals surface area (Å²) in [6, 6.07) is 6.76. The summed E-state index contributed by atoms with van der Waals surface area (Å²) >= 11 is 0. The molecule has 3 nitrogen and oxygen atoms in total. The predicted octanol–water partition coefficient (Wildman–Crippen LogP) is 3.14. The third-order valence-electron chi connectivity index (χ3n) is 3.43. The van der Waals surface area contributed by atoms with Crippen molar-refractivity contribution in [1.29, 1.82) is 0 Å². The van der Waals surface area contributed by atoms with Crippen molar-refractivity contribution in [1.82, 2.24) is 0 Å². The van der Waals surface area contributed by atoms with Crippen LogP contribution in [0, 0.1) is 11.6 Å². The van der Waals surface area contributed by atoms with Crippen LogP contribution in [0.15, 0.2) is 30.3 Å². The van der Waals surface area contributed by atoms with Gasteiger partial charge in [0.25, 0.3) is 0 Å². The molecule has 2 aromatic rings. The van der Waals surface area contributed by atoms with Crippen molar-refractivity contribution in [2.24, 2.45) is 0 Å². The minimum absolute atomic E-state index is 0.0314. The summed E-state index contributed by atoms with van der Waals surface area (Å²) in [6.45, 7) is 0.554. The van der Waals surface area contributed by atoms with E-state index in [0.29, 0.717) is 18.8 Å². The van der Waals surface area contributed by atoms with Gasteiger partial charge in [0.15, 0.2) is 5.78 Å². The fourth-order valence-electron chi connectivity index (χ4n) is 2.36. The van der Waals surface area contributed by atoms with Crippen LogP contribution in [0.4, 0.5) is 8.78 Å². The lowest BCUT2D eigenvalue weighted by Gasteiger charge is -2.08. The summed E-state index contributed by atoms with van der Waals surface area (Å²) in [4.78, 5) is 12.3. The first-order valence-corrected chi connectivity index (χ1v) is 6.43. The zero-order valence-corrected chi connectivity index (χ0v) is 11.3. The van der Waals surface area contributed by atoms with E-state index < -0.39 is 23.0 Å². The fraction of sp³-hybridized carbons (Fsp3) is 0.188. The topological polar surface area (TPSA) is 35.5 Å². The number of hydrogen-bond acceptors (Lipinski definition) is 3. The van der Waals surface area contributed by atoms with Crippen molar-refractivity contribution in [3.8, 4) is 11.5 Å². The molecule has 0 unspecified atom stereocenters. The summed E-state index contributed by atoms with van der Waals surface area (Å²) < 4.78 is 38.0. The summed E-state index contributed by atoms with van der Waals surface area (Å²) in [7, 11) is 1.30. The lowest BCUT2D eigenvalue weighted by Crippen LogP contribution is -2.08. The highest BCUT2D eigenvalue weighted by Crippen LogP contribution is 2.28. The summed E-state index contributed by atoms with van der Waals surface area (Å²) in [5.74, 6) is -1.82. The molecule has 1 aliphatic heterocycles. The van der Waals surface area contributed by atoms with Crippen LogP contribution < -0.4 is 9.47 Å². The van der Waals surface area contributed by atoms with Gasteiger partial charge in [0.2, 0.25) is 0 Å². The molecule has 0 fully saturated rings. The second-order valence-electron chi connectivity index (χ2n) is 4.72. The van der Waals surface area contributed by atoms with E-state index in [4.69, 9.17) is 9.47 Å². The monoisotopic (exact) mass is 290 g/mol. The van der Waals surface area contributed by atoms with E-state index in [-0.39, 0.29) is 11.3 Å². The van der Waals surface area contributed by atoms with Gasteiger partial charge in [0.05, 0.1) is 19.3 Å². The highest BCUT2D eigenvalue weighted by atomic mass is 19.1. The number of benzene rings is 2. The first-order chi connectivity index (χ1) is 10.1. The molecule has 2 aromatic carbocycles. The van der Waals surface area contributed by atoms with Crippen molar-refractivity contribution >= 4 is 5.78 Å². The van der Waals surface area contributed by atoms with Gasteiger partial charge in [-0.3, -0.25) is 4.79 Å². The van der Waals surface area contributed by atoms with Crippen molar-refractivity contribution in [2.45, 2.75) is 6.42 Å². The third-order valence-corrected chi connectivity index (χ3v) is 3.43. The van der Waals surface area contributed by atoms with Gasteiger partial charge in [0, 0.05) is 24.1 Å². The Labute approximate surface area is 120 Å². The first kappa shape index (κ1) is 13.5. The Bertz CT molecular complexity index is 702. The molecule has 0 atom stereocenters. The zero-order valence-electron chi connectivity index (χ0n) is 11.3. The standard InChI is InChI=1S/C16H12F2O3/c1-20-11-7-12(17)15(13(18)8-11)16(19)10-2-3-14-9(6-10)4-5-21-14/h2-3,6-8H,4-5H2,1H3. The maximum Gasteiger partial charge on any atom is 0.198 e. The number of ether oxygens (including phenoxy) is 2. The van der Waals surface area contributed by atoms with Gasteiger partial charge >= 0.3 is 0 Å². The van der Waals surface area contributed by atoms with E-state index in [9.17, 15) is 13.6 Å². The van der Waals surface area contributed by atoms with E-state index in [1.165, 1.54) is 13.2 Å². The van der Waals surface area contributed by atoms with Crippen LogP contribution in [0.5, 0.6) is 11.5 Å². The van der Waals surface area contributed by atoms with Gasteiger partial charge in [-0.15, -0.1) is 0 Å². The minimum atomic E-state index is -0.936. The molecule has 0 saturated heterocycles. The van der Waals surface area contributed by atoms with Crippen LogP contribution in [0.2, 0.25) is 0 Å². The van der Waals surface area contributed by atoms with E-state index in [1.807, 2.05) is 0 Å². The van der Waals surface area contributed by atoms with Crippen LogP contribution >= 0.6 is 0 Å². The molecule has 0 bridgehead atoms. The maximum atomic E-state index is 13.9.